The van der Waals surface area contributed by atoms with Crippen molar-refractivity contribution in [1.29, 1.82) is 5.26 Å². The largest absolute Gasteiger partial charge is 0.364 e. The zero-order valence-electron chi connectivity index (χ0n) is 22.0. The molecule has 1 aliphatic rings. The molecule has 7 nitrogen and oxygen atoms in total. The van der Waals surface area contributed by atoms with Gasteiger partial charge in [0, 0.05) is 44.5 Å². The SMILES string of the molecule is Cc1ccc(C(c2cc(C)ccn2)N2C[C@H](C)N(c3cc(=O)n(C)c4ccc(C#N)nc34)C[C@@H]2C)cc1. The van der Waals surface area contributed by atoms with E-state index in [4.69, 9.17) is 4.98 Å². The molecule has 0 N–H and O–H groups in total. The van der Waals surface area contributed by atoms with Gasteiger partial charge in [-0.15, -0.1) is 0 Å². The van der Waals surface area contributed by atoms with E-state index in [9.17, 15) is 10.1 Å². The van der Waals surface area contributed by atoms with Crippen LogP contribution in [0.3, 0.4) is 0 Å². The molecule has 3 aromatic heterocycles. The summed E-state index contributed by atoms with van der Waals surface area (Å²) in [6.45, 7) is 10.1. The molecular weight excluding hydrogens is 460 g/mol. The average Bonchev–Trinajstić information content (AvgIpc) is 2.89. The normalized spacial score (nSPS) is 19.1. The van der Waals surface area contributed by atoms with Gasteiger partial charge in [0.05, 0.1) is 22.9 Å². The number of nitrogens with zero attached hydrogens (tertiary/aromatic N) is 6. The van der Waals surface area contributed by atoms with Crippen molar-refractivity contribution in [3.63, 3.8) is 0 Å². The van der Waals surface area contributed by atoms with E-state index in [-0.39, 0.29) is 23.7 Å². The molecule has 188 valence electrons. The van der Waals surface area contributed by atoms with Gasteiger partial charge in [0.1, 0.15) is 17.3 Å². The number of benzene rings is 1. The fraction of sp³-hybridized carbons (Fsp3) is 0.333. The molecule has 0 spiro atoms. The summed E-state index contributed by atoms with van der Waals surface area (Å²) in [5, 5.41) is 9.46. The Balaban J connectivity index is 1.56. The lowest BCUT2D eigenvalue weighted by Gasteiger charge is -2.48. The van der Waals surface area contributed by atoms with Gasteiger partial charge < -0.3 is 9.47 Å². The lowest BCUT2D eigenvalue weighted by atomic mass is 9.95. The molecular formula is C30H32N6O. The van der Waals surface area contributed by atoms with E-state index in [1.54, 1.807) is 23.7 Å². The van der Waals surface area contributed by atoms with Crippen LogP contribution in [-0.2, 0) is 7.05 Å². The van der Waals surface area contributed by atoms with Gasteiger partial charge in [-0.1, -0.05) is 29.8 Å². The molecule has 4 heterocycles. The maximum atomic E-state index is 12.9. The fourth-order valence-corrected chi connectivity index (χ4v) is 5.43. The smallest absolute Gasteiger partial charge is 0.252 e. The number of hydrogen-bond acceptors (Lipinski definition) is 6. The fourth-order valence-electron chi connectivity index (χ4n) is 5.43. The van der Waals surface area contributed by atoms with E-state index in [2.05, 4.69) is 78.9 Å². The Morgan fingerprint density at radius 1 is 0.973 bits per heavy atom. The van der Waals surface area contributed by atoms with E-state index in [0.717, 1.165) is 30.0 Å². The summed E-state index contributed by atoms with van der Waals surface area (Å²) >= 11 is 0. The van der Waals surface area contributed by atoms with Crippen molar-refractivity contribution in [2.45, 2.75) is 45.8 Å². The average molecular weight is 493 g/mol. The Kier molecular flexibility index (Phi) is 6.53. The topological polar surface area (TPSA) is 78.0 Å². The lowest BCUT2D eigenvalue weighted by molar-refractivity contribution is 0.128. The first-order valence-corrected chi connectivity index (χ1v) is 12.7. The summed E-state index contributed by atoms with van der Waals surface area (Å²) in [5.74, 6) is 0. The van der Waals surface area contributed by atoms with Gasteiger partial charge in [0.15, 0.2) is 0 Å². The number of piperazine rings is 1. The number of pyridine rings is 3. The number of anilines is 1. The van der Waals surface area contributed by atoms with Gasteiger partial charge in [-0.3, -0.25) is 14.7 Å². The van der Waals surface area contributed by atoms with Crippen LogP contribution in [-0.4, -0.2) is 44.6 Å². The molecule has 1 fully saturated rings. The van der Waals surface area contributed by atoms with Crippen molar-refractivity contribution in [3.05, 3.63) is 99.2 Å². The molecule has 1 aromatic carbocycles. The summed E-state index contributed by atoms with van der Waals surface area (Å²) in [7, 11) is 1.74. The molecule has 0 radical (unpaired) electrons. The first kappa shape index (κ1) is 24.7. The molecule has 0 saturated carbocycles. The van der Waals surface area contributed by atoms with Gasteiger partial charge in [0.25, 0.3) is 5.56 Å². The third-order valence-electron chi connectivity index (χ3n) is 7.47. The van der Waals surface area contributed by atoms with Crippen molar-refractivity contribution in [2.75, 3.05) is 18.0 Å². The van der Waals surface area contributed by atoms with Gasteiger partial charge in [0.2, 0.25) is 0 Å². The summed E-state index contributed by atoms with van der Waals surface area (Å²) in [6, 6.07) is 20.5. The number of rotatable bonds is 4. The Labute approximate surface area is 217 Å². The molecule has 1 unspecified atom stereocenters. The second kappa shape index (κ2) is 9.79. The molecule has 1 saturated heterocycles. The summed E-state index contributed by atoms with van der Waals surface area (Å²) in [5.41, 5.74) is 7.13. The predicted molar refractivity (Wildman–Crippen MR) is 147 cm³/mol. The van der Waals surface area contributed by atoms with E-state index in [0.29, 0.717) is 11.2 Å². The third kappa shape index (κ3) is 4.61. The van der Waals surface area contributed by atoms with Crippen LogP contribution in [0.5, 0.6) is 0 Å². The second-order valence-electron chi connectivity index (χ2n) is 10.2. The first-order chi connectivity index (χ1) is 17.8. The standard InChI is InChI=1S/C30H32N6O/c1-19-6-8-23(9-7-19)30(25-14-20(2)12-13-32-25)36-18-21(3)35(17-22(36)4)27-15-28(37)34(5)26-11-10-24(16-31)33-29(26)27/h6-15,21-22,30H,17-18H2,1-5H3/t21-,22-,30?/m0/s1. The molecule has 0 amide bonds. The van der Waals surface area contributed by atoms with Crippen LogP contribution >= 0.6 is 0 Å². The van der Waals surface area contributed by atoms with Crippen molar-refractivity contribution in [2.24, 2.45) is 7.05 Å². The molecule has 1 aliphatic heterocycles. The number of hydrogen-bond donors (Lipinski definition) is 0. The van der Waals surface area contributed by atoms with Gasteiger partial charge >= 0.3 is 0 Å². The molecule has 7 heteroatoms. The molecule has 0 aliphatic carbocycles. The highest BCUT2D eigenvalue weighted by molar-refractivity contribution is 5.89. The third-order valence-corrected chi connectivity index (χ3v) is 7.47. The maximum Gasteiger partial charge on any atom is 0.252 e. The Hall–Kier alpha value is -4.02. The van der Waals surface area contributed by atoms with E-state index >= 15 is 0 Å². The van der Waals surface area contributed by atoms with Crippen molar-refractivity contribution in [1.82, 2.24) is 19.4 Å². The van der Waals surface area contributed by atoms with Crippen LogP contribution in [0.2, 0.25) is 0 Å². The quantitative estimate of drug-likeness (QED) is 0.417. The number of nitriles is 1. The number of aryl methyl sites for hydroxylation is 3. The molecule has 5 rings (SSSR count). The van der Waals surface area contributed by atoms with Crippen LogP contribution in [0, 0.1) is 25.2 Å². The van der Waals surface area contributed by atoms with Crippen LogP contribution in [0.4, 0.5) is 5.69 Å². The second-order valence-corrected chi connectivity index (χ2v) is 10.2. The summed E-state index contributed by atoms with van der Waals surface area (Å²) in [6.07, 6.45) is 1.89. The monoisotopic (exact) mass is 492 g/mol. The van der Waals surface area contributed by atoms with Crippen LogP contribution in [0.1, 0.15) is 48.0 Å². The molecule has 3 atom stereocenters. The van der Waals surface area contributed by atoms with Gasteiger partial charge in [-0.2, -0.15) is 5.26 Å². The highest BCUT2D eigenvalue weighted by atomic mass is 16.1. The van der Waals surface area contributed by atoms with E-state index in [1.165, 1.54) is 16.7 Å². The highest BCUT2D eigenvalue weighted by Gasteiger charge is 2.36. The van der Waals surface area contributed by atoms with Crippen LogP contribution in [0.25, 0.3) is 11.0 Å². The molecule has 4 aromatic rings. The van der Waals surface area contributed by atoms with Crippen molar-refractivity contribution < 1.29 is 0 Å². The van der Waals surface area contributed by atoms with E-state index < -0.39 is 0 Å². The summed E-state index contributed by atoms with van der Waals surface area (Å²) in [4.78, 5) is 27.1. The minimum atomic E-state index is -0.0854. The summed E-state index contributed by atoms with van der Waals surface area (Å²) < 4.78 is 1.59. The van der Waals surface area contributed by atoms with Crippen molar-refractivity contribution in [3.8, 4) is 6.07 Å². The number of fused-ring (bicyclic) bond motifs is 1. The van der Waals surface area contributed by atoms with Crippen molar-refractivity contribution >= 4 is 16.7 Å². The maximum absolute atomic E-state index is 12.9. The zero-order valence-corrected chi connectivity index (χ0v) is 22.0. The highest BCUT2D eigenvalue weighted by Crippen LogP contribution is 2.35. The Morgan fingerprint density at radius 3 is 2.43 bits per heavy atom. The molecule has 37 heavy (non-hydrogen) atoms. The van der Waals surface area contributed by atoms with Crippen LogP contribution in [0.15, 0.2) is 65.6 Å². The lowest BCUT2D eigenvalue weighted by Crippen LogP contribution is -2.57. The van der Waals surface area contributed by atoms with Gasteiger partial charge in [-0.25, -0.2) is 4.98 Å². The zero-order chi connectivity index (χ0) is 26.3. The van der Waals surface area contributed by atoms with Gasteiger partial charge in [-0.05, 0) is 63.1 Å². The minimum Gasteiger partial charge on any atom is -0.364 e. The predicted octanol–water partition coefficient (Wildman–Crippen LogP) is 4.51. The first-order valence-electron chi connectivity index (χ1n) is 12.7. The number of aromatic nitrogens is 3. The Morgan fingerprint density at radius 2 is 1.73 bits per heavy atom. The van der Waals surface area contributed by atoms with Crippen LogP contribution < -0.4 is 10.5 Å². The molecule has 0 bridgehead atoms. The Bertz CT molecular complexity index is 1550. The minimum absolute atomic E-state index is 0.0174. The van der Waals surface area contributed by atoms with E-state index in [1.807, 2.05) is 18.3 Å².